The van der Waals surface area contributed by atoms with E-state index in [4.69, 9.17) is 14.7 Å². The van der Waals surface area contributed by atoms with Crippen molar-refractivity contribution in [2.75, 3.05) is 6.56 Å². The van der Waals surface area contributed by atoms with E-state index in [2.05, 4.69) is 4.74 Å². The Balaban J connectivity index is 3.60. The van der Waals surface area contributed by atoms with Crippen molar-refractivity contribution in [3.05, 3.63) is 0 Å². The second-order valence-corrected chi connectivity index (χ2v) is 1.89. The van der Waals surface area contributed by atoms with E-state index in [-0.39, 0.29) is 0 Å². The smallest absolute Gasteiger partial charge is 0.184 e. The molecule has 2 unspecified atom stereocenters. The number of hydrogen-bond donors (Lipinski definition) is 5. The van der Waals surface area contributed by atoms with Crippen molar-refractivity contribution in [2.24, 2.45) is 0 Å². The summed E-state index contributed by atoms with van der Waals surface area (Å²) < 4.78 is 53.4. The number of aliphatic hydroxyl groups is 5. The maximum Gasteiger partial charge on any atom is 0.184 e. The van der Waals surface area contributed by atoms with Crippen LogP contribution in [0.2, 0.25) is 0 Å². The van der Waals surface area contributed by atoms with E-state index in [1.807, 2.05) is 0 Å². The van der Waals surface area contributed by atoms with Crippen LogP contribution >= 0.6 is 0 Å². The molecule has 0 aromatic rings. The van der Waals surface area contributed by atoms with Gasteiger partial charge in [0.2, 0.25) is 0 Å². The standard InChI is InChI=1S/C6H12O6/c7-1-2-3(8)4(9)5(10)6(11)12-2/h2-11H,1H2/t2?,3-,4+,5?,6+/m1/s1/i1+1D2,2+1D,3+1D,4+1D,5+1D,6+1D. The molecule has 0 spiro atoms. The lowest BCUT2D eigenvalue weighted by Gasteiger charge is -2.37. The second kappa shape index (κ2) is 3.65. The van der Waals surface area contributed by atoms with Crippen LogP contribution in [0.4, 0.5) is 0 Å². The maximum absolute atomic E-state index is 9.57. The molecule has 1 rings (SSSR count). The summed E-state index contributed by atoms with van der Waals surface area (Å²) in [6.45, 7) is -3.93. The highest BCUT2D eigenvalue weighted by molar-refractivity contribution is 4.87. The second-order valence-electron chi connectivity index (χ2n) is 1.89. The van der Waals surface area contributed by atoms with Gasteiger partial charge in [-0.15, -0.1) is 0 Å². The number of rotatable bonds is 1. The zero-order chi connectivity index (χ0) is 15.7. The Hall–Kier alpha value is -0.240. The summed E-state index contributed by atoms with van der Waals surface area (Å²) in [6, 6.07) is 0. The normalized spacial score (nSPS) is 89.6. The molecule has 1 fully saturated rings. The van der Waals surface area contributed by atoms with Crippen LogP contribution in [-0.4, -0.2) is 62.7 Å². The first kappa shape index (κ1) is 3.87. The number of ether oxygens (including phenoxy) is 1. The fourth-order valence-electron chi connectivity index (χ4n) is 0.590. The lowest BCUT2D eigenvalue weighted by atomic mass is 10.9. The van der Waals surface area contributed by atoms with Crippen molar-refractivity contribution in [2.45, 2.75) is 30.6 Å². The minimum Gasteiger partial charge on any atom is -0.394 e. The molecular formula is C6H12O6. The van der Waals surface area contributed by atoms with Gasteiger partial charge in [0, 0.05) is 0 Å². The average molecular weight is 193 g/mol. The molecule has 5 N–H and O–H groups in total. The van der Waals surface area contributed by atoms with Crippen LogP contribution < -0.4 is 0 Å². The van der Waals surface area contributed by atoms with Gasteiger partial charge in [-0.1, -0.05) is 0 Å². The van der Waals surface area contributed by atoms with Crippen molar-refractivity contribution in [1.82, 2.24) is 0 Å². The summed E-state index contributed by atoms with van der Waals surface area (Å²) in [6.07, 6.45) is -20.3. The Morgan fingerprint density at radius 1 is 1.17 bits per heavy atom. The van der Waals surface area contributed by atoms with Crippen LogP contribution in [0.1, 0.15) is 9.60 Å². The third-order valence-corrected chi connectivity index (χ3v) is 1.17. The van der Waals surface area contributed by atoms with Gasteiger partial charge in [0.25, 0.3) is 0 Å². The van der Waals surface area contributed by atoms with Crippen molar-refractivity contribution in [3.63, 3.8) is 0 Å². The molecule has 0 amide bonds. The van der Waals surface area contributed by atoms with Crippen LogP contribution in [0, 0.1) is 0 Å². The van der Waals surface area contributed by atoms with E-state index in [1.54, 1.807) is 0 Å². The molecule has 6 nitrogen and oxygen atoms in total. The SMILES string of the molecule is [2H][13C]([2H])(O)[13C]1([2H])O[13C@]([2H])(O)[13C]([2H])(O)[13C@@]([2H])(O)[13C@]1([2H])O. The highest BCUT2D eigenvalue weighted by Gasteiger charge is 2.42. The average Bonchev–Trinajstić information content (AvgIpc) is 2.12. The van der Waals surface area contributed by atoms with E-state index in [0.29, 0.717) is 0 Å². The van der Waals surface area contributed by atoms with Crippen LogP contribution in [0.3, 0.4) is 0 Å². The maximum atomic E-state index is 9.57. The van der Waals surface area contributed by atoms with Gasteiger partial charge < -0.3 is 30.3 Å². The lowest BCUT2D eigenvalue weighted by molar-refractivity contribution is -0.286. The van der Waals surface area contributed by atoms with Gasteiger partial charge in [0.1, 0.15) is 24.3 Å². The highest BCUT2D eigenvalue weighted by atomic mass is 16.8. The molecule has 0 aromatic carbocycles. The van der Waals surface area contributed by atoms with E-state index >= 15 is 0 Å². The Labute approximate surface area is 78.5 Å². The molecular weight excluding hydrogens is 174 g/mol. The van der Waals surface area contributed by atoms with Gasteiger partial charge in [-0.25, -0.2) is 0 Å². The highest BCUT2D eigenvalue weighted by Crippen LogP contribution is 2.18. The Morgan fingerprint density at radius 2 is 1.75 bits per heavy atom. The van der Waals surface area contributed by atoms with Crippen molar-refractivity contribution >= 4 is 0 Å². The summed E-state index contributed by atoms with van der Waals surface area (Å²) in [5.74, 6) is 0. The van der Waals surface area contributed by atoms with Gasteiger partial charge in [0.15, 0.2) is 6.27 Å². The fourth-order valence-corrected chi connectivity index (χ4v) is 0.590. The molecule has 1 aliphatic heterocycles. The summed E-state index contributed by atoms with van der Waals surface area (Å²) >= 11 is 0. The third kappa shape index (κ3) is 1.58. The molecule has 0 bridgehead atoms. The van der Waals surface area contributed by atoms with Gasteiger partial charge in [-0.3, -0.25) is 0 Å². The van der Waals surface area contributed by atoms with Crippen LogP contribution in [0.15, 0.2) is 0 Å². The zero-order valence-corrected chi connectivity index (χ0v) is 5.64. The molecule has 1 saturated heterocycles. The predicted octanol–water partition coefficient (Wildman–Crippen LogP) is -3.22. The van der Waals surface area contributed by atoms with Crippen LogP contribution in [0.25, 0.3) is 0 Å². The molecule has 0 aliphatic carbocycles. The minimum absolute atomic E-state index is 3.90. The first-order chi connectivity index (χ1) is 7.96. The summed E-state index contributed by atoms with van der Waals surface area (Å²) in [7, 11) is 0. The fraction of sp³-hybridized carbons (Fsp3) is 1.00. The summed E-state index contributed by atoms with van der Waals surface area (Å²) in [4.78, 5) is 0. The van der Waals surface area contributed by atoms with Crippen LogP contribution in [-0.2, 0) is 4.74 Å². The molecule has 0 saturated carbocycles. The largest absolute Gasteiger partial charge is 0.394 e. The molecule has 1 aliphatic rings. The third-order valence-electron chi connectivity index (χ3n) is 1.17. The lowest BCUT2D eigenvalue weighted by Crippen LogP contribution is -2.58. The molecule has 6 heteroatoms. The number of hydrogen-bond acceptors (Lipinski definition) is 6. The quantitative estimate of drug-likeness (QED) is 0.280. The topological polar surface area (TPSA) is 110 Å². The predicted molar refractivity (Wildman–Crippen MR) is 36.0 cm³/mol. The summed E-state index contributed by atoms with van der Waals surface area (Å²) in [5.41, 5.74) is 0. The Morgan fingerprint density at radius 3 is 2.25 bits per heavy atom. The van der Waals surface area contributed by atoms with E-state index in [9.17, 15) is 20.4 Å². The molecule has 1 heterocycles. The van der Waals surface area contributed by atoms with Crippen molar-refractivity contribution in [3.8, 4) is 0 Å². The van der Waals surface area contributed by atoms with Crippen LogP contribution in [0.5, 0.6) is 0 Å². The van der Waals surface area contributed by atoms with Crippen molar-refractivity contribution < 1.29 is 39.9 Å². The monoisotopic (exact) mass is 193 g/mol. The van der Waals surface area contributed by atoms with E-state index < -0.39 is 37.1 Å². The molecule has 0 radical (unpaired) electrons. The van der Waals surface area contributed by atoms with E-state index in [0.717, 1.165) is 0 Å². The summed E-state index contributed by atoms with van der Waals surface area (Å²) in [5, 5.41) is 46.8. The van der Waals surface area contributed by atoms with Gasteiger partial charge >= 0.3 is 0 Å². The van der Waals surface area contributed by atoms with Gasteiger partial charge in [-0.2, -0.15) is 0 Å². The molecule has 72 valence electrons. The molecule has 0 aromatic heterocycles. The Bertz CT molecular complexity index is 390. The first-order valence-corrected chi connectivity index (χ1v) is 2.78. The zero-order valence-electron chi connectivity index (χ0n) is 12.6. The molecule has 5 atom stereocenters. The molecule has 12 heavy (non-hydrogen) atoms. The first-order valence-electron chi connectivity index (χ1n) is 6.28. The van der Waals surface area contributed by atoms with Crippen molar-refractivity contribution in [1.29, 1.82) is 0 Å². The van der Waals surface area contributed by atoms with Gasteiger partial charge in [-0.05, 0) is 0 Å². The van der Waals surface area contributed by atoms with E-state index in [1.165, 1.54) is 0 Å². The van der Waals surface area contributed by atoms with Gasteiger partial charge in [0.05, 0.1) is 16.2 Å². The Kier molecular flexibility index (Phi) is 1.18. The minimum atomic E-state index is -4.16.